The lowest BCUT2D eigenvalue weighted by Gasteiger charge is -2.27. The predicted molar refractivity (Wildman–Crippen MR) is 78.8 cm³/mol. The lowest BCUT2D eigenvalue weighted by Crippen LogP contribution is -2.50. The fourth-order valence-corrected chi connectivity index (χ4v) is 2.25. The van der Waals surface area contributed by atoms with Crippen molar-refractivity contribution in [2.24, 2.45) is 5.41 Å². The number of hydrogen-bond acceptors (Lipinski definition) is 3. The second-order valence-corrected chi connectivity index (χ2v) is 5.24. The van der Waals surface area contributed by atoms with Crippen LogP contribution in [-0.2, 0) is 9.59 Å². The first-order chi connectivity index (χ1) is 9.38. The van der Waals surface area contributed by atoms with Gasteiger partial charge in [-0.2, -0.15) is 5.26 Å². The first-order valence-electron chi connectivity index (χ1n) is 7.35. The monoisotopic (exact) mass is 281 g/mol. The van der Waals surface area contributed by atoms with Gasteiger partial charge in [0.15, 0.2) is 0 Å². The molecule has 5 heteroatoms. The maximum atomic E-state index is 12.4. The molecule has 0 aliphatic carbocycles. The number of nitrogens with zero attached hydrogens (tertiary/aromatic N) is 2. The van der Waals surface area contributed by atoms with Gasteiger partial charge >= 0.3 is 0 Å². The average Bonchev–Trinajstić information content (AvgIpc) is 2.44. The Morgan fingerprint density at radius 3 is 2.10 bits per heavy atom. The minimum atomic E-state index is -1.01. The van der Waals surface area contributed by atoms with E-state index in [2.05, 4.69) is 11.4 Å². The van der Waals surface area contributed by atoms with Crippen molar-refractivity contribution in [3.63, 3.8) is 0 Å². The van der Waals surface area contributed by atoms with Gasteiger partial charge in [-0.3, -0.25) is 9.59 Å². The van der Waals surface area contributed by atoms with Crippen LogP contribution in [0.4, 0.5) is 0 Å². The van der Waals surface area contributed by atoms with Crippen molar-refractivity contribution in [2.75, 3.05) is 13.6 Å². The van der Waals surface area contributed by atoms with Crippen LogP contribution < -0.4 is 5.32 Å². The van der Waals surface area contributed by atoms with Gasteiger partial charge in [0.05, 0.1) is 6.07 Å². The van der Waals surface area contributed by atoms with Crippen molar-refractivity contribution in [1.29, 1.82) is 5.26 Å². The van der Waals surface area contributed by atoms with Crippen LogP contribution >= 0.6 is 0 Å². The summed E-state index contributed by atoms with van der Waals surface area (Å²) in [4.78, 5) is 25.9. The zero-order valence-corrected chi connectivity index (χ0v) is 13.3. The van der Waals surface area contributed by atoms with Gasteiger partial charge in [-0.25, -0.2) is 0 Å². The molecular formula is C15H27N3O2. The summed E-state index contributed by atoms with van der Waals surface area (Å²) in [6.45, 7) is 8.03. The zero-order chi connectivity index (χ0) is 15.8. The third kappa shape index (κ3) is 4.52. The molecule has 0 heterocycles. The van der Waals surface area contributed by atoms with Crippen molar-refractivity contribution < 1.29 is 9.59 Å². The van der Waals surface area contributed by atoms with Crippen LogP contribution in [0.5, 0.6) is 0 Å². The standard InChI is InChI=1S/C15H27N3O2/c1-6-9-15(11-16,10-7-2)14(20)17-12(4)13(19)18(5)8-3/h12H,6-10H2,1-5H3,(H,17,20). The number of rotatable bonds is 8. The van der Waals surface area contributed by atoms with E-state index in [1.165, 1.54) is 0 Å². The molecule has 1 unspecified atom stereocenters. The summed E-state index contributed by atoms with van der Waals surface area (Å²) in [7, 11) is 1.70. The van der Waals surface area contributed by atoms with Crippen molar-refractivity contribution in [1.82, 2.24) is 10.2 Å². The first-order valence-corrected chi connectivity index (χ1v) is 7.35. The Hall–Kier alpha value is -1.57. The Morgan fingerprint density at radius 1 is 1.25 bits per heavy atom. The molecule has 0 fully saturated rings. The SMILES string of the molecule is CCCC(C#N)(CCC)C(=O)NC(C)C(=O)N(C)CC. The molecular weight excluding hydrogens is 254 g/mol. The van der Waals surface area contributed by atoms with Gasteiger partial charge in [-0.1, -0.05) is 26.7 Å². The highest BCUT2D eigenvalue weighted by Gasteiger charge is 2.38. The normalized spacial score (nSPS) is 12.4. The largest absolute Gasteiger partial charge is 0.344 e. The molecule has 0 aromatic rings. The van der Waals surface area contributed by atoms with Crippen LogP contribution in [0.15, 0.2) is 0 Å². The smallest absolute Gasteiger partial charge is 0.244 e. The van der Waals surface area contributed by atoms with E-state index in [-0.39, 0.29) is 11.8 Å². The van der Waals surface area contributed by atoms with Crippen molar-refractivity contribution in [3.8, 4) is 6.07 Å². The van der Waals surface area contributed by atoms with Crippen molar-refractivity contribution in [2.45, 2.75) is 59.4 Å². The van der Waals surface area contributed by atoms with E-state index in [1.54, 1.807) is 18.9 Å². The molecule has 20 heavy (non-hydrogen) atoms. The average molecular weight is 281 g/mol. The summed E-state index contributed by atoms with van der Waals surface area (Å²) in [5.74, 6) is -0.463. The Labute approximate surface area is 122 Å². The maximum Gasteiger partial charge on any atom is 0.244 e. The van der Waals surface area contributed by atoms with Crippen molar-refractivity contribution in [3.05, 3.63) is 0 Å². The van der Waals surface area contributed by atoms with Crippen LogP contribution in [0.1, 0.15) is 53.4 Å². The van der Waals surface area contributed by atoms with E-state index < -0.39 is 11.5 Å². The van der Waals surface area contributed by atoms with Crippen LogP contribution in [0, 0.1) is 16.7 Å². The predicted octanol–water partition coefficient (Wildman–Crippen LogP) is 2.08. The van der Waals surface area contributed by atoms with E-state index in [4.69, 9.17) is 0 Å². The second-order valence-electron chi connectivity index (χ2n) is 5.24. The lowest BCUT2D eigenvalue weighted by atomic mass is 9.79. The van der Waals surface area contributed by atoms with Gasteiger partial charge in [-0.15, -0.1) is 0 Å². The van der Waals surface area contributed by atoms with E-state index >= 15 is 0 Å². The van der Waals surface area contributed by atoms with E-state index in [9.17, 15) is 14.9 Å². The van der Waals surface area contributed by atoms with Gasteiger partial charge in [0, 0.05) is 13.6 Å². The summed E-state index contributed by atoms with van der Waals surface area (Å²) in [6, 6.07) is 1.56. The molecule has 5 nitrogen and oxygen atoms in total. The van der Waals surface area contributed by atoms with Crippen LogP contribution in [0.3, 0.4) is 0 Å². The first kappa shape index (κ1) is 18.4. The molecule has 114 valence electrons. The van der Waals surface area contributed by atoms with Gasteiger partial charge in [-0.05, 0) is 26.7 Å². The summed E-state index contributed by atoms with van der Waals surface area (Å²) < 4.78 is 0. The number of amides is 2. The minimum Gasteiger partial charge on any atom is -0.344 e. The fraction of sp³-hybridized carbons (Fsp3) is 0.800. The molecule has 1 N–H and O–H groups in total. The topological polar surface area (TPSA) is 73.2 Å². The summed E-state index contributed by atoms with van der Waals surface area (Å²) in [6.07, 6.45) is 2.57. The number of carbonyl (C=O) groups excluding carboxylic acids is 2. The quantitative estimate of drug-likeness (QED) is 0.740. The van der Waals surface area contributed by atoms with Crippen LogP contribution in [0.2, 0.25) is 0 Å². The van der Waals surface area contributed by atoms with E-state index in [0.717, 1.165) is 12.8 Å². The molecule has 0 saturated carbocycles. The third-order valence-corrected chi connectivity index (χ3v) is 3.57. The molecule has 0 aromatic heterocycles. The van der Waals surface area contributed by atoms with Gasteiger partial charge < -0.3 is 10.2 Å². The van der Waals surface area contributed by atoms with Crippen LogP contribution in [-0.4, -0.2) is 36.3 Å². The Morgan fingerprint density at radius 2 is 1.75 bits per heavy atom. The van der Waals surface area contributed by atoms with Gasteiger partial charge in [0.2, 0.25) is 11.8 Å². The fourth-order valence-electron chi connectivity index (χ4n) is 2.25. The Balaban J connectivity index is 4.94. The molecule has 2 amide bonds. The molecule has 1 atom stereocenters. The molecule has 0 aliphatic rings. The number of nitrogens with one attached hydrogen (secondary N) is 1. The number of likely N-dealkylation sites (N-methyl/N-ethyl adjacent to an activating group) is 1. The van der Waals surface area contributed by atoms with Crippen LogP contribution in [0.25, 0.3) is 0 Å². The highest BCUT2D eigenvalue weighted by Crippen LogP contribution is 2.29. The summed E-state index contributed by atoms with van der Waals surface area (Å²) in [5.41, 5.74) is -1.01. The van der Waals surface area contributed by atoms with Gasteiger partial charge in [0.1, 0.15) is 11.5 Å². The summed E-state index contributed by atoms with van der Waals surface area (Å²) >= 11 is 0. The number of carbonyl (C=O) groups is 2. The minimum absolute atomic E-state index is 0.138. The molecule has 0 spiro atoms. The van der Waals surface area contributed by atoms with E-state index in [1.807, 2.05) is 20.8 Å². The second kappa shape index (κ2) is 8.57. The van der Waals surface area contributed by atoms with E-state index in [0.29, 0.717) is 19.4 Å². The number of hydrogen-bond donors (Lipinski definition) is 1. The molecule has 0 aliphatic heterocycles. The zero-order valence-electron chi connectivity index (χ0n) is 13.3. The Bertz CT molecular complexity index is 368. The molecule has 0 bridgehead atoms. The highest BCUT2D eigenvalue weighted by atomic mass is 16.2. The summed E-state index contributed by atoms with van der Waals surface area (Å²) in [5, 5.41) is 12.1. The molecule has 0 rings (SSSR count). The van der Waals surface area contributed by atoms with Crippen molar-refractivity contribution >= 4 is 11.8 Å². The number of nitriles is 1. The lowest BCUT2D eigenvalue weighted by molar-refractivity contribution is -0.137. The maximum absolute atomic E-state index is 12.4. The molecule has 0 saturated heterocycles. The molecule has 0 aromatic carbocycles. The third-order valence-electron chi connectivity index (χ3n) is 3.57. The highest BCUT2D eigenvalue weighted by molar-refractivity contribution is 5.91. The molecule has 0 radical (unpaired) electrons. The van der Waals surface area contributed by atoms with Gasteiger partial charge in [0.25, 0.3) is 0 Å². The Kier molecular flexibility index (Phi) is 7.90.